The minimum absolute atomic E-state index is 0.0336. The summed E-state index contributed by atoms with van der Waals surface area (Å²) < 4.78 is 5.39. The summed E-state index contributed by atoms with van der Waals surface area (Å²) in [4.78, 5) is 21.3. The van der Waals surface area contributed by atoms with Gasteiger partial charge in [-0.15, -0.1) is 0 Å². The third-order valence-corrected chi connectivity index (χ3v) is 4.98. The normalized spacial score (nSPS) is 11.0. The fraction of sp³-hybridized carbons (Fsp3) is 0.364. The number of ether oxygens (including phenoxy) is 1. The molecule has 0 radical (unpaired) electrons. The number of rotatable bonds is 8. The third kappa shape index (κ3) is 5.04. The van der Waals surface area contributed by atoms with Gasteiger partial charge in [-0.25, -0.2) is 4.99 Å². The molecule has 150 valence electrons. The lowest BCUT2D eigenvalue weighted by Crippen LogP contribution is -2.26. The Balaban J connectivity index is 2.24. The lowest BCUT2D eigenvalue weighted by atomic mass is 10.00. The first kappa shape index (κ1) is 21.8. The molecule has 5 nitrogen and oxygen atoms in total. The number of halogens is 1. The number of carbonyl (C=O) groups is 1. The second-order valence-corrected chi connectivity index (χ2v) is 7.25. The molecule has 2 aromatic carbocycles. The van der Waals surface area contributed by atoms with Crippen molar-refractivity contribution in [2.75, 3.05) is 39.2 Å². The predicted molar refractivity (Wildman–Crippen MR) is 118 cm³/mol. The molecule has 0 aromatic heterocycles. The van der Waals surface area contributed by atoms with Gasteiger partial charge in [0.25, 0.3) is 0 Å². The monoisotopic (exact) mass is 401 g/mol. The van der Waals surface area contributed by atoms with E-state index in [0.29, 0.717) is 16.3 Å². The molecule has 0 amide bonds. The van der Waals surface area contributed by atoms with Gasteiger partial charge in [-0.05, 0) is 56.2 Å². The molecule has 2 aromatic rings. The lowest BCUT2D eigenvalue weighted by molar-refractivity contribution is 0.0999. The maximum absolute atomic E-state index is 12.9. The number of benzene rings is 2. The van der Waals surface area contributed by atoms with Crippen LogP contribution in [0.1, 0.15) is 28.4 Å². The van der Waals surface area contributed by atoms with Gasteiger partial charge < -0.3 is 14.5 Å². The van der Waals surface area contributed by atoms with Crippen molar-refractivity contribution in [3.05, 3.63) is 52.0 Å². The Bertz CT molecular complexity index is 880. The number of para-hydroxylation sites is 1. The summed E-state index contributed by atoms with van der Waals surface area (Å²) >= 11 is 6.20. The number of aryl methyl sites for hydroxylation is 2. The first-order valence-corrected chi connectivity index (χ1v) is 9.58. The molecule has 0 N–H and O–H groups in total. The van der Waals surface area contributed by atoms with Crippen LogP contribution in [0, 0.1) is 13.8 Å². The standard InChI is InChI=1S/C22H28ClN3O2/c1-7-25(4)14-24-19-12-15(2)17(11-16(19)3)21(27)13-26(5)20-10-8-9-18(23)22(20)28-6/h8-12,14H,7,13H2,1-6H3. The number of hydrogen-bond donors (Lipinski definition) is 0. The number of methoxy groups -OCH3 is 1. The van der Waals surface area contributed by atoms with Crippen molar-refractivity contribution in [1.82, 2.24) is 4.90 Å². The maximum atomic E-state index is 12.9. The van der Waals surface area contributed by atoms with Crippen LogP contribution in [0.5, 0.6) is 5.75 Å². The first-order chi connectivity index (χ1) is 13.3. The van der Waals surface area contributed by atoms with E-state index in [4.69, 9.17) is 16.3 Å². The van der Waals surface area contributed by atoms with Gasteiger partial charge in [0.2, 0.25) is 0 Å². The molecular formula is C22H28ClN3O2. The Labute approximate surface area is 172 Å². The Morgan fingerprint density at radius 2 is 1.93 bits per heavy atom. The van der Waals surface area contributed by atoms with E-state index < -0.39 is 0 Å². The molecule has 6 heteroatoms. The second-order valence-electron chi connectivity index (χ2n) is 6.84. The van der Waals surface area contributed by atoms with Crippen LogP contribution in [0.25, 0.3) is 0 Å². The molecule has 0 atom stereocenters. The van der Waals surface area contributed by atoms with Crippen molar-refractivity contribution in [2.24, 2.45) is 4.99 Å². The van der Waals surface area contributed by atoms with Crippen molar-refractivity contribution in [3.63, 3.8) is 0 Å². The van der Waals surface area contributed by atoms with E-state index in [1.165, 1.54) is 0 Å². The van der Waals surface area contributed by atoms with Crippen LogP contribution in [0.15, 0.2) is 35.3 Å². The molecule has 0 unspecified atom stereocenters. The zero-order chi connectivity index (χ0) is 20.8. The molecule has 0 bridgehead atoms. The largest absolute Gasteiger partial charge is 0.493 e. The first-order valence-electron chi connectivity index (χ1n) is 9.21. The summed E-state index contributed by atoms with van der Waals surface area (Å²) in [6.07, 6.45) is 1.81. The van der Waals surface area contributed by atoms with Gasteiger partial charge in [0.05, 0.1) is 36.4 Å². The molecule has 0 spiro atoms. The van der Waals surface area contributed by atoms with Crippen molar-refractivity contribution < 1.29 is 9.53 Å². The molecule has 0 saturated carbocycles. The highest BCUT2D eigenvalue weighted by molar-refractivity contribution is 6.32. The van der Waals surface area contributed by atoms with Gasteiger partial charge in [0.1, 0.15) is 0 Å². The Morgan fingerprint density at radius 1 is 1.21 bits per heavy atom. The number of carbonyl (C=O) groups excluding carboxylic acids is 1. The summed E-state index contributed by atoms with van der Waals surface area (Å²) in [6, 6.07) is 9.37. The Kier molecular flexibility index (Phi) is 7.46. The molecule has 28 heavy (non-hydrogen) atoms. The van der Waals surface area contributed by atoms with E-state index in [9.17, 15) is 4.79 Å². The number of hydrogen-bond acceptors (Lipinski definition) is 4. The minimum Gasteiger partial charge on any atom is -0.493 e. The van der Waals surface area contributed by atoms with Crippen molar-refractivity contribution >= 4 is 35.1 Å². The molecule has 2 rings (SSSR count). The van der Waals surface area contributed by atoms with Gasteiger partial charge in [0, 0.05) is 26.2 Å². The van der Waals surface area contributed by atoms with E-state index >= 15 is 0 Å². The number of Topliss-reactive ketones (excluding diaryl/α,β-unsaturated/α-hetero) is 1. The topological polar surface area (TPSA) is 45.1 Å². The predicted octanol–water partition coefficient (Wildman–Crippen LogP) is 4.90. The highest BCUT2D eigenvalue weighted by Gasteiger charge is 2.17. The van der Waals surface area contributed by atoms with Crippen molar-refractivity contribution in [1.29, 1.82) is 0 Å². The van der Waals surface area contributed by atoms with Gasteiger partial charge >= 0.3 is 0 Å². The summed E-state index contributed by atoms with van der Waals surface area (Å²) in [5, 5.41) is 0.519. The van der Waals surface area contributed by atoms with E-state index in [1.54, 1.807) is 13.2 Å². The lowest BCUT2D eigenvalue weighted by Gasteiger charge is -2.22. The summed E-state index contributed by atoms with van der Waals surface area (Å²) in [5.74, 6) is 0.600. The number of likely N-dealkylation sites (N-methyl/N-ethyl adjacent to an activating group) is 1. The van der Waals surface area contributed by atoms with Crippen molar-refractivity contribution in [2.45, 2.75) is 20.8 Å². The van der Waals surface area contributed by atoms with Crippen molar-refractivity contribution in [3.8, 4) is 5.75 Å². The quantitative estimate of drug-likeness (QED) is 0.358. The number of ketones is 1. The number of anilines is 1. The average molecular weight is 402 g/mol. The smallest absolute Gasteiger partial charge is 0.182 e. The van der Waals surface area contributed by atoms with Gasteiger partial charge in [-0.2, -0.15) is 0 Å². The van der Waals surface area contributed by atoms with Gasteiger partial charge in [-0.1, -0.05) is 17.7 Å². The van der Waals surface area contributed by atoms with Crippen LogP contribution in [0.3, 0.4) is 0 Å². The Hall–Kier alpha value is -2.53. The van der Waals surface area contributed by atoms with Crippen LogP contribution in [0.2, 0.25) is 5.02 Å². The molecular weight excluding hydrogens is 374 g/mol. The SMILES string of the molecule is CCN(C)C=Nc1cc(C)c(C(=O)CN(C)c2cccc(Cl)c2OC)cc1C. The van der Waals surface area contributed by atoms with Crippen LogP contribution >= 0.6 is 11.6 Å². The highest BCUT2D eigenvalue weighted by Crippen LogP contribution is 2.34. The number of aliphatic imine (C=N–C) groups is 1. The second kappa shape index (κ2) is 9.60. The van der Waals surface area contributed by atoms with Crippen LogP contribution in [0.4, 0.5) is 11.4 Å². The van der Waals surface area contributed by atoms with E-state index in [1.807, 2.05) is 68.3 Å². The minimum atomic E-state index is 0.0336. The van der Waals surface area contributed by atoms with E-state index in [2.05, 4.69) is 11.9 Å². The molecule has 0 aliphatic rings. The third-order valence-electron chi connectivity index (χ3n) is 4.68. The summed E-state index contributed by atoms with van der Waals surface area (Å²) in [6.45, 7) is 7.08. The molecule has 0 saturated heterocycles. The van der Waals surface area contributed by atoms with E-state index in [-0.39, 0.29) is 12.3 Å². The molecule has 0 fully saturated rings. The summed E-state index contributed by atoms with van der Waals surface area (Å²) in [7, 11) is 5.40. The van der Waals surface area contributed by atoms with Gasteiger partial charge in [0.15, 0.2) is 11.5 Å². The van der Waals surface area contributed by atoms with E-state index in [0.717, 1.165) is 29.0 Å². The fourth-order valence-electron chi connectivity index (χ4n) is 2.87. The average Bonchev–Trinajstić information content (AvgIpc) is 2.67. The van der Waals surface area contributed by atoms with Crippen LogP contribution in [-0.2, 0) is 0 Å². The highest BCUT2D eigenvalue weighted by atomic mass is 35.5. The molecule has 0 aliphatic heterocycles. The van der Waals surface area contributed by atoms with Crippen LogP contribution < -0.4 is 9.64 Å². The maximum Gasteiger partial charge on any atom is 0.182 e. The number of nitrogens with zero attached hydrogens (tertiary/aromatic N) is 3. The zero-order valence-corrected chi connectivity index (χ0v) is 18.2. The molecule has 0 aliphatic carbocycles. The summed E-state index contributed by atoms with van der Waals surface area (Å²) in [5.41, 5.74) is 4.24. The fourth-order valence-corrected chi connectivity index (χ4v) is 3.12. The Morgan fingerprint density at radius 3 is 2.57 bits per heavy atom. The van der Waals surface area contributed by atoms with Gasteiger partial charge in [-0.3, -0.25) is 4.79 Å². The van der Waals surface area contributed by atoms with Crippen LogP contribution in [-0.4, -0.2) is 51.3 Å². The molecule has 0 heterocycles. The zero-order valence-electron chi connectivity index (χ0n) is 17.4.